The molecule has 2 heterocycles. The molecule has 4 nitrogen and oxygen atoms in total. The van der Waals surface area contributed by atoms with E-state index in [-0.39, 0.29) is 11.9 Å². The van der Waals surface area contributed by atoms with Gasteiger partial charge in [0.25, 0.3) is 0 Å². The smallest absolute Gasteiger partial charge is 0.243 e. The van der Waals surface area contributed by atoms with Crippen molar-refractivity contribution in [2.24, 2.45) is 0 Å². The largest absolute Gasteiger partial charge is 0.316 e. The molecule has 88 valence electrons. The Morgan fingerprint density at radius 2 is 2.50 bits per heavy atom. The monoisotopic (exact) mass is 259 g/mol. The lowest BCUT2D eigenvalue weighted by Crippen LogP contribution is -2.54. The average Bonchev–Trinajstić information content (AvgIpc) is 2.64. The first-order valence-corrected chi connectivity index (χ1v) is 6.33. The van der Waals surface area contributed by atoms with Crippen molar-refractivity contribution in [3.63, 3.8) is 0 Å². The Hall–Kier alpha value is -0.620. The maximum Gasteiger partial charge on any atom is 0.243 e. The van der Waals surface area contributed by atoms with Crippen molar-refractivity contribution in [1.29, 1.82) is 0 Å². The van der Waals surface area contributed by atoms with Crippen LogP contribution in [0.15, 0.2) is 12.1 Å². The molecule has 0 aliphatic carbocycles. The molecule has 1 unspecified atom stereocenters. The Balaban J connectivity index is 1.92. The van der Waals surface area contributed by atoms with Gasteiger partial charge in [0, 0.05) is 19.6 Å². The van der Waals surface area contributed by atoms with Crippen molar-refractivity contribution in [3.8, 4) is 0 Å². The fraction of sp³-hybridized carbons (Fsp3) is 0.500. The summed E-state index contributed by atoms with van der Waals surface area (Å²) in [4.78, 5) is 14.0. The highest BCUT2D eigenvalue weighted by atomic mass is 35.5. The predicted molar refractivity (Wildman–Crippen MR) is 67.2 cm³/mol. The Kier molecular flexibility index (Phi) is 3.81. The van der Waals surface area contributed by atoms with E-state index in [2.05, 4.69) is 15.5 Å². The zero-order valence-corrected chi connectivity index (χ0v) is 10.6. The van der Waals surface area contributed by atoms with E-state index >= 15 is 0 Å². The molecular formula is C10H14ClN3OS. The van der Waals surface area contributed by atoms with E-state index in [1.165, 1.54) is 11.3 Å². The van der Waals surface area contributed by atoms with Crippen LogP contribution in [0, 0.1) is 0 Å². The third-order valence-electron chi connectivity index (χ3n) is 2.51. The molecule has 1 aliphatic rings. The van der Waals surface area contributed by atoms with Gasteiger partial charge in [-0.25, -0.2) is 0 Å². The van der Waals surface area contributed by atoms with Crippen LogP contribution in [0.2, 0.25) is 4.34 Å². The predicted octanol–water partition coefficient (Wildman–Crippen LogP) is 1.24. The third kappa shape index (κ3) is 2.95. The van der Waals surface area contributed by atoms with E-state index in [4.69, 9.17) is 11.6 Å². The van der Waals surface area contributed by atoms with Gasteiger partial charge in [-0.05, 0) is 19.2 Å². The minimum atomic E-state index is -0.139. The second-order valence-corrected chi connectivity index (χ2v) is 5.58. The highest BCUT2D eigenvalue weighted by Gasteiger charge is 2.23. The van der Waals surface area contributed by atoms with Crippen molar-refractivity contribution in [3.05, 3.63) is 16.5 Å². The van der Waals surface area contributed by atoms with Gasteiger partial charge in [0.1, 0.15) is 0 Å². The zero-order valence-electron chi connectivity index (χ0n) is 9.00. The van der Waals surface area contributed by atoms with Crippen LogP contribution < -0.4 is 10.6 Å². The lowest BCUT2D eigenvalue weighted by Gasteiger charge is -2.29. The van der Waals surface area contributed by atoms with Crippen molar-refractivity contribution < 1.29 is 4.79 Å². The standard InChI is InChI=1S/C10H14ClN3OS/c1-14-5-4-12-7(6-14)10(15)13-9-3-2-8(11)16-9/h2-3,7,12H,4-6H2,1H3,(H,13,15). The van der Waals surface area contributed by atoms with E-state index in [9.17, 15) is 4.79 Å². The molecule has 1 aromatic rings. The molecule has 16 heavy (non-hydrogen) atoms. The van der Waals surface area contributed by atoms with Gasteiger partial charge in [-0.2, -0.15) is 0 Å². The molecule has 1 amide bonds. The fourth-order valence-corrected chi connectivity index (χ4v) is 2.61. The molecule has 1 aliphatic heterocycles. The van der Waals surface area contributed by atoms with Crippen LogP contribution in [0.1, 0.15) is 0 Å². The number of amides is 1. The number of halogens is 1. The fourth-order valence-electron chi connectivity index (χ4n) is 1.66. The Morgan fingerprint density at radius 1 is 1.69 bits per heavy atom. The molecule has 0 spiro atoms. The van der Waals surface area contributed by atoms with Crippen LogP contribution in [0.3, 0.4) is 0 Å². The SMILES string of the molecule is CN1CCNC(C(=O)Nc2ccc(Cl)s2)C1. The molecular weight excluding hydrogens is 246 g/mol. The summed E-state index contributed by atoms with van der Waals surface area (Å²) in [6.45, 7) is 2.57. The van der Waals surface area contributed by atoms with Crippen molar-refractivity contribution in [2.45, 2.75) is 6.04 Å². The quantitative estimate of drug-likeness (QED) is 0.840. The summed E-state index contributed by atoms with van der Waals surface area (Å²) in [7, 11) is 2.02. The highest BCUT2D eigenvalue weighted by molar-refractivity contribution is 7.20. The number of carbonyl (C=O) groups is 1. The Labute approximate surface area is 104 Å². The zero-order chi connectivity index (χ0) is 11.5. The van der Waals surface area contributed by atoms with Gasteiger partial charge in [0.15, 0.2) is 0 Å². The van der Waals surface area contributed by atoms with Gasteiger partial charge in [-0.1, -0.05) is 11.6 Å². The highest BCUT2D eigenvalue weighted by Crippen LogP contribution is 2.26. The van der Waals surface area contributed by atoms with Crippen molar-refractivity contribution in [1.82, 2.24) is 10.2 Å². The summed E-state index contributed by atoms with van der Waals surface area (Å²) < 4.78 is 0.684. The number of carbonyl (C=O) groups excluding carboxylic acids is 1. The minimum Gasteiger partial charge on any atom is -0.316 e. The van der Waals surface area contributed by atoms with E-state index in [0.717, 1.165) is 24.6 Å². The number of nitrogens with one attached hydrogen (secondary N) is 2. The van der Waals surface area contributed by atoms with E-state index in [0.29, 0.717) is 4.34 Å². The summed E-state index contributed by atoms with van der Waals surface area (Å²) in [6, 6.07) is 3.46. The van der Waals surface area contributed by atoms with Crippen LogP contribution in [0.4, 0.5) is 5.00 Å². The van der Waals surface area contributed by atoms with Gasteiger partial charge in [-0.15, -0.1) is 11.3 Å². The van der Waals surface area contributed by atoms with Gasteiger partial charge < -0.3 is 15.5 Å². The van der Waals surface area contributed by atoms with Crippen LogP contribution in [-0.2, 0) is 4.79 Å². The number of rotatable bonds is 2. The maximum atomic E-state index is 11.9. The van der Waals surface area contributed by atoms with E-state index in [1.807, 2.05) is 13.1 Å². The first-order chi connectivity index (χ1) is 7.65. The van der Waals surface area contributed by atoms with Crippen LogP contribution in [-0.4, -0.2) is 43.5 Å². The number of likely N-dealkylation sites (N-methyl/N-ethyl adjacent to an activating group) is 1. The van der Waals surface area contributed by atoms with Gasteiger partial charge in [0.2, 0.25) is 5.91 Å². The molecule has 0 bridgehead atoms. The first-order valence-electron chi connectivity index (χ1n) is 5.13. The topological polar surface area (TPSA) is 44.4 Å². The molecule has 1 saturated heterocycles. The summed E-state index contributed by atoms with van der Waals surface area (Å²) in [5.41, 5.74) is 0. The summed E-state index contributed by atoms with van der Waals surface area (Å²) in [5, 5.41) is 6.85. The molecule has 0 radical (unpaired) electrons. The third-order valence-corrected chi connectivity index (χ3v) is 3.66. The number of anilines is 1. The number of hydrogen-bond donors (Lipinski definition) is 2. The second-order valence-electron chi connectivity index (χ2n) is 3.86. The van der Waals surface area contributed by atoms with Crippen LogP contribution in [0.25, 0.3) is 0 Å². The second kappa shape index (κ2) is 5.14. The van der Waals surface area contributed by atoms with E-state index < -0.39 is 0 Å². The molecule has 0 aromatic carbocycles. The van der Waals surface area contributed by atoms with Gasteiger partial charge in [0.05, 0.1) is 15.4 Å². The summed E-state index contributed by atoms with van der Waals surface area (Å²) in [5.74, 6) is 0.00469. The number of hydrogen-bond acceptors (Lipinski definition) is 4. The molecule has 2 N–H and O–H groups in total. The first kappa shape index (κ1) is 11.9. The number of piperazine rings is 1. The lowest BCUT2D eigenvalue weighted by atomic mass is 10.2. The lowest BCUT2D eigenvalue weighted by molar-refractivity contribution is -0.119. The average molecular weight is 260 g/mol. The molecule has 6 heteroatoms. The van der Waals surface area contributed by atoms with Crippen molar-refractivity contribution >= 4 is 33.8 Å². The molecule has 1 fully saturated rings. The molecule has 1 atom stereocenters. The van der Waals surface area contributed by atoms with Crippen molar-refractivity contribution in [2.75, 3.05) is 32.0 Å². The van der Waals surface area contributed by atoms with Crippen LogP contribution in [0.5, 0.6) is 0 Å². The summed E-state index contributed by atoms with van der Waals surface area (Å²) in [6.07, 6.45) is 0. The number of nitrogens with zero attached hydrogens (tertiary/aromatic N) is 1. The Morgan fingerprint density at radius 3 is 3.12 bits per heavy atom. The van der Waals surface area contributed by atoms with E-state index in [1.54, 1.807) is 6.07 Å². The maximum absolute atomic E-state index is 11.9. The van der Waals surface area contributed by atoms with Gasteiger partial charge >= 0.3 is 0 Å². The minimum absolute atomic E-state index is 0.00469. The number of thiophene rings is 1. The molecule has 0 saturated carbocycles. The normalized spacial score (nSPS) is 22.0. The van der Waals surface area contributed by atoms with Gasteiger partial charge in [-0.3, -0.25) is 4.79 Å². The summed E-state index contributed by atoms with van der Waals surface area (Å²) >= 11 is 7.17. The molecule has 2 rings (SSSR count). The van der Waals surface area contributed by atoms with Crippen LogP contribution >= 0.6 is 22.9 Å². The molecule has 1 aromatic heterocycles. The Bertz CT molecular complexity index is 382.